The van der Waals surface area contributed by atoms with Gasteiger partial charge in [0.15, 0.2) is 5.96 Å². The fourth-order valence-corrected chi connectivity index (χ4v) is 1.36. The first-order chi connectivity index (χ1) is 7.25. The molecule has 0 fully saturated rings. The lowest BCUT2D eigenvalue weighted by molar-refractivity contribution is 0.569. The first-order valence-corrected chi connectivity index (χ1v) is 4.72. The molecule has 3 nitrogen and oxygen atoms in total. The Morgan fingerprint density at radius 3 is 2.93 bits per heavy atom. The Balaban J connectivity index is 1.98. The highest BCUT2D eigenvalue weighted by molar-refractivity contribution is 5.81. The minimum atomic E-state index is -0.562. The first-order valence-electron chi connectivity index (χ1n) is 4.72. The van der Waals surface area contributed by atoms with E-state index in [9.17, 15) is 8.78 Å². The average molecular weight is 211 g/mol. The quantitative estimate of drug-likeness (QED) is 0.766. The zero-order valence-electron chi connectivity index (χ0n) is 8.06. The summed E-state index contributed by atoms with van der Waals surface area (Å²) >= 11 is 0. The van der Waals surface area contributed by atoms with Gasteiger partial charge in [0.25, 0.3) is 0 Å². The second-order valence-corrected chi connectivity index (χ2v) is 3.25. The van der Waals surface area contributed by atoms with Crippen molar-refractivity contribution in [3.63, 3.8) is 0 Å². The van der Waals surface area contributed by atoms with Crippen molar-refractivity contribution in [2.45, 2.75) is 6.54 Å². The number of halogens is 2. The van der Waals surface area contributed by atoms with Crippen LogP contribution in [0.4, 0.5) is 8.78 Å². The van der Waals surface area contributed by atoms with Crippen LogP contribution < -0.4 is 10.6 Å². The molecule has 0 saturated carbocycles. The molecule has 0 atom stereocenters. The Kier molecular flexibility index (Phi) is 2.80. The van der Waals surface area contributed by atoms with Crippen LogP contribution in [0.15, 0.2) is 23.2 Å². The number of hydrogen-bond donors (Lipinski definition) is 2. The minimum absolute atomic E-state index is 0.304. The van der Waals surface area contributed by atoms with Crippen molar-refractivity contribution in [2.24, 2.45) is 4.99 Å². The van der Waals surface area contributed by atoms with Crippen molar-refractivity contribution in [1.29, 1.82) is 0 Å². The molecule has 2 N–H and O–H groups in total. The van der Waals surface area contributed by atoms with Gasteiger partial charge in [-0.2, -0.15) is 0 Å². The molecule has 5 heteroatoms. The van der Waals surface area contributed by atoms with Crippen LogP contribution in [0.1, 0.15) is 5.56 Å². The molecule has 0 amide bonds. The van der Waals surface area contributed by atoms with Crippen molar-refractivity contribution in [1.82, 2.24) is 10.6 Å². The maximum Gasteiger partial charge on any atom is 0.191 e. The van der Waals surface area contributed by atoms with Crippen molar-refractivity contribution in [3.05, 3.63) is 35.4 Å². The number of aliphatic imine (C=N–C) groups is 1. The van der Waals surface area contributed by atoms with Gasteiger partial charge in [-0.3, -0.25) is 4.99 Å². The van der Waals surface area contributed by atoms with Crippen LogP contribution in [-0.2, 0) is 6.54 Å². The molecule has 0 radical (unpaired) electrons. The third-order valence-corrected chi connectivity index (χ3v) is 2.14. The molecule has 0 unspecified atom stereocenters. The van der Waals surface area contributed by atoms with E-state index in [-0.39, 0.29) is 0 Å². The summed E-state index contributed by atoms with van der Waals surface area (Å²) in [4.78, 5) is 4.10. The van der Waals surface area contributed by atoms with E-state index < -0.39 is 11.6 Å². The molecule has 1 aromatic rings. The molecular formula is C10H11F2N3. The monoisotopic (exact) mass is 211 g/mol. The van der Waals surface area contributed by atoms with Gasteiger partial charge >= 0.3 is 0 Å². The second kappa shape index (κ2) is 4.25. The summed E-state index contributed by atoms with van der Waals surface area (Å²) in [7, 11) is 0. The third-order valence-electron chi connectivity index (χ3n) is 2.14. The van der Waals surface area contributed by atoms with Crippen molar-refractivity contribution in [2.75, 3.05) is 13.1 Å². The predicted molar refractivity (Wildman–Crippen MR) is 53.5 cm³/mol. The number of nitrogens with zero attached hydrogens (tertiary/aromatic N) is 1. The molecule has 2 rings (SSSR count). The van der Waals surface area contributed by atoms with E-state index in [1.807, 2.05) is 0 Å². The van der Waals surface area contributed by atoms with Gasteiger partial charge in [-0.15, -0.1) is 0 Å². The Hall–Kier alpha value is -1.65. The van der Waals surface area contributed by atoms with Crippen LogP contribution in [-0.4, -0.2) is 19.0 Å². The summed E-state index contributed by atoms with van der Waals surface area (Å²) in [6.45, 7) is 1.83. The second-order valence-electron chi connectivity index (χ2n) is 3.25. The van der Waals surface area contributed by atoms with Crippen LogP contribution in [0.5, 0.6) is 0 Å². The van der Waals surface area contributed by atoms with Gasteiger partial charge in [0.2, 0.25) is 0 Å². The highest BCUT2D eigenvalue weighted by Gasteiger charge is 2.06. The van der Waals surface area contributed by atoms with Crippen molar-refractivity contribution >= 4 is 5.96 Å². The molecule has 1 heterocycles. The summed E-state index contributed by atoms with van der Waals surface area (Å²) in [6.07, 6.45) is 0. The van der Waals surface area contributed by atoms with Crippen molar-refractivity contribution < 1.29 is 8.78 Å². The highest BCUT2D eigenvalue weighted by Crippen LogP contribution is 2.08. The van der Waals surface area contributed by atoms with Gasteiger partial charge in [0, 0.05) is 24.7 Å². The third kappa shape index (κ3) is 2.43. The van der Waals surface area contributed by atoms with Gasteiger partial charge in [0.1, 0.15) is 11.6 Å². The maximum absolute atomic E-state index is 13.2. The lowest BCUT2D eigenvalue weighted by Gasteiger charge is -2.07. The van der Waals surface area contributed by atoms with Crippen LogP contribution in [0.3, 0.4) is 0 Å². The number of rotatable bonds is 2. The van der Waals surface area contributed by atoms with Gasteiger partial charge < -0.3 is 10.6 Å². The average Bonchev–Trinajstić information content (AvgIpc) is 2.69. The molecule has 1 aliphatic rings. The summed E-state index contributed by atoms with van der Waals surface area (Å²) in [5, 5.41) is 5.93. The van der Waals surface area contributed by atoms with Crippen LogP contribution >= 0.6 is 0 Å². The minimum Gasteiger partial charge on any atom is -0.355 e. The Bertz CT molecular complexity index is 390. The van der Waals surface area contributed by atoms with E-state index in [0.717, 1.165) is 19.2 Å². The van der Waals surface area contributed by atoms with Gasteiger partial charge in [-0.25, -0.2) is 8.78 Å². The lowest BCUT2D eigenvalue weighted by Crippen LogP contribution is -2.33. The predicted octanol–water partition coefficient (Wildman–Crippen LogP) is 1.01. The fourth-order valence-electron chi connectivity index (χ4n) is 1.36. The molecule has 80 valence electrons. The maximum atomic E-state index is 13.2. The summed E-state index contributed by atoms with van der Waals surface area (Å²) in [5.74, 6) is -0.438. The van der Waals surface area contributed by atoms with E-state index in [1.165, 1.54) is 12.1 Å². The van der Waals surface area contributed by atoms with Crippen molar-refractivity contribution in [3.8, 4) is 0 Å². The smallest absolute Gasteiger partial charge is 0.191 e. The molecule has 1 aliphatic heterocycles. The largest absolute Gasteiger partial charge is 0.355 e. The number of nitrogens with one attached hydrogen (secondary N) is 2. The van der Waals surface area contributed by atoms with E-state index in [1.54, 1.807) is 0 Å². The Morgan fingerprint density at radius 1 is 1.40 bits per heavy atom. The lowest BCUT2D eigenvalue weighted by atomic mass is 10.2. The standard InChI is InChI=1S/C10H11F2N3/c11-8-2-1-7(9(12)5-8)6-15-10-13-3-4-14-10/h1-2,5H,3-4,6H2,(H2,13,14,15). The molecule has 0 aliphatic carbocycles. The van der Waals surface area contributed by atoms with Crippen LogP contribution in [0.2, 0.25) is 0 Å². The van der Waals surface area contributed by atoms with E-state index >= 15 is 0 Å². The zero-order chi connectivity index (χ0) is 10.7. The SMILES string of the molecule is Fc1ccc(CNC2=NCCN2)c(F)c1. The highest BCUT2D eigenvalue weighted by atomic mass is 19.1. The number of hydrogen-bond acceptors (Lipinski definition) is 3. The van der Waals surface area contributed by atoms with E-state index in [4.69, 9.17) is 0 Å². The summed E-state index contributed by atoms with van der Waals surface area (Å²) < 4.78 is 25.8. The topological polar surface area (TPSA) is 36.4 Å². The Labute approximate surface area is 86.2 Å². The molecule has 0 saturated heterocycles. The van der Waals surface area contributed by atoms with E-state index in [0.29, 0.717) is 18.1 Å². The summed E-state index contributed by atoms with van der Waals surface area (Å²) in [5.41, 5.74) is 0.424. The molecule has 0 aromatic heterocycles. The molecule has 0 bridgehead atoms. The number of benzene rings is 1. The normalized spacial score (nSPS) is 14.7. The van der Waals surface area contributed by atoms with Gasteiger partial charge in [-0.05, 0) is 6.07 Å². The number of guanidine groups is 1. The molecule has 1 aromatic carbocycles. The van der Waals surface area contributed by atoms with Crippen LogP contribution in [0.25, 0.3) is 0 Å². The molecule has 0 spiro atoms. The van der Waals surface area contributed by atoms with Crippen LogP contribution in [0, 0.1) is 11.6 Å². The molecule has 15 heavy (non-hydrogen) atoms. The first kappa shape index (κ1) is 9.89. The Morgan fingerprint density at radius 2 is 2.27 bits per heavy atom. The molecular weight excluding hydrogens is 200 g/mol. The summed E-state index contributed by atoms with van der Waals surface area (Å²) in [6, 6.07) is 3.54. The fraction of sp³-hybridized carbons (Fsp3) is 0.300. The zero-order valence-corrected chi connectivity index (χ0v) is 8.06. The van der Waals surface area contributed by atoms with E-state index in [2.05, 4.69) is 15.6 Å². The van der Waals surface area contributed by atoms with Gasteiger partial charge in [0.05, 0.1) is 6.54 Å². The van der Waals surface area contributed by atoms with Gasteiger partial charge in [-0.1, -0.05) is 6.07 Å².